The van der Waals surface area contributed by atoms with Crippen LogP contribution in [-0.2, 0) is 9.53 Å². The van der Waals surface area contributed by atoms with Crippen LogP contribution in [0.2, 0.25) is 0 Å². The second-order valence-electron chi connectivity index (χ2n) is 5.66. The first kappa shape index (κ1) is 16.6. The molecule has 0 aromatic carbocycles. The summed E-state index contributed by atoms with van der Waals surface area (Å²) < 4.78 is 5.55. The molecule has 3 nitrogen and oxygen atoms in total. The van der Waals surface area contributed by atoms with Crippen molar-refractivity contribution in [3.63, 3.8) is 0 Å². The zero-order valence-electron chi connectivity index (χ0n) is 12.6. The van der Waals surface area contributed by atoms with E-state index in [0.717, 1.165) is 32.5 Å². The van der Waals surface area contributed by atoms with Gasteiger partial charge in [0.05, 0.1) is 12.7 Å². The van der Waals surface area contributed by atoms with Crippen LogP contribution in [-0.4, -0.2) is 31.6 Å². The summed E-state index contributed by atoms with van der Waals surface area (Å²) in [7, 11) is 0. The Morgan fingerprint density at radius 3 is 2.42 bits per heavy atom. The van der Waals surface area contributed by atoms with E-state index in [-0.39, 0.29) is 6.10 Å². The minimum Gasteiger partial charge on any atom is -0.375 e. The second-order valence-corrected chi connectivity index (χ2v) is 5.66. The van der Waals surface area contributed by atoms with E-state index in [1.165, 1.54) is 44.9 Å². The van der Waals surface area contributed by atoms with E-state index in [0.29, 0.717) is 12.2 Å². The van der Waals surface area contributed by atoms with Crippen molar-refractivity contribution in [2.24, 2.45) is 0 Å². The topological polar surface area (TPSA) is 38.3 Å². The molecule has 1 aliphatic heterocycles. The molecular weight excluding hydrogens is 238 g/mol. The van der Waals surface area contributed by atoms with Crippen molar-refractivity contribution in [3.05, 3.63) is 0 Å². The van der Waals surface area contributed by atoms with Crippen molar-refractivity contribution in [3.8, 4) is 0 Å². The minimum atomic E-state index is 0.121. The number of hydrogen-bond donors (Lipinski definition) is 1. The second kappa shape index (κ2) is 11.4. The number of ether oxygens (including phenoxy) is 1. The van der Waals surface area contributed by atoms with Crippen LogP contribution in [0.5, 0.6) is 0 Å². The van der Waals surface area contributed by atoms with Gasteiger partial charge < -0.3 is 10.1 Å². The Morgan fingerprint density at radius 2 is 1.79 bits per heavy atom. The highest BCUT2D eigenvalue weighted by molar-refractivity contribution is 5.78. The highest BCUT2D eigenvalue weighted by atomic mass is 16.5. The summed E-state index contributed by atoms with van der Waals surface area (Å²) in [6.45, 7) is 4.75. The fourth-order valence-electron chi connectivity index (χ4n) is 2.56. The molecule has 0 aliphatic carbocycles. The summed E-state index contributed by atoms with van der Waals surface area (Å²) >= 11 is 0. The first-order valence-corrected chi connectivity index (χ1v) is 8.17. The molecule has 0 radical (unpaired) electrons. The SMILES string of the molecule is CCCCCCCCCCC(=O)CC1CNCCO1. The predicted octanol–water partition coefficient (Wildman–Crippen LogP) is 3.46. The number of morpholine rings is 1. The molecule has 1 saturated heterocycles. The first-order chi connectivity index (χ1) is 9.33. The summed E-state index contributed by atoms with van der Waals surface area (Å²) in [5.74, 6) is 0.375. The van der Waals surface area contributed by atoms with Crippen molar-refractivity contribution in [1.82, 2.24) is 5.32 Å². The first-order valence-electron chi connectivity index (χ1n) is 8.17. The lowest BCUT2D eigenvalue weighted by molar-refractivity contribution is -0.122. The minimum absolute atomic E-state index is 0.121. The van der Waals surface area contributed by atoms with Gasteiger partial charge in [-0.05, 0) is 6.42 Å². The normalized spacial score (nSPS) is 19.5. The van der Waals surface area contributed by atoms with Gasteiger partial charge in [-0.25, -0.2) is 0 Å². The van der Waals surface area contributed by atoms with Crippen LogP contribution >= 0.6 is 0 Å². The molecule has 19 heavy (non-hydrogen) atoms. The molecule has 1 fully saturated rings. The van der Waals surface area contributed by atoms with Gasteiger partial charge in [-0.2, -0.15) is 0 Å². The van der Waals surface area contributed by atoms with Gasteiger partial charge in [-0.15, -0.1) is 0 Å². The maximum Gasteiger partial charge on any atom is 0.135 e. The number of nitrogens with one attached hydrogen (secondary N) is 1. The van der Waals surface area contributed by atoms with Crippen LogP contribution in [0.15, 0.2) is 0 Å². The molecule has 1 heterocycles. The third-order valence-corrected chi connectivity index (χ3v) is 3.77. The zero-order valence-corrected chi connectivity index (χ0v) is 12.6. The van der Waals surface area contributed by atoms with Crippen LogP contribution in [0.1, 0.15) is 71.1 Å². The van der Waals surface area contributed by atoms with Gasteiger partial charge in [0.25, 0.3) is 0 Å². The van der Waals surface area contributed by atoms with E-state index in [2.05, 4.69) is 12.2 Å². The van der Waals surface area contributed by atoms with Crippen molar-refractivity contribution in [1.29, 1.82) is 0 Å². The molecule has 0 saturated carbocycles. The molecule has 1 N–H and O–H groups in total. The van der Waals surface area contributed by atoms with Crippen molar-refractivity contribution < 1.29 is 9.53 Å². The highest BCUT2D eigenvalue weighted by Gasteiger charge is 2.16. The fraction of sp³-hybridized carbons (Fsp3) is 0.938. The van der Waals surface area contributed by atoms with Gasteiger partial charge in [-0.1, -0.05) is 51.9 Å². The molecule has 0 amide bonds. The predicted molar refractivity (Wildman–Crippen MR) is 79.5 cm³/mol. The molecule has 1 rings (SSSR count). The number of hydrogen-bond acceptors (Lipinski definition) is 3. The average Bonchev–Trinajstić information content (AvgIpc) is 2.43. The lowest BCUT2D eigenvalue weighted by Crippen LogP contribution is -2.39. The zero-order chi connectivity index (χ0) is 13.8. The van der Waals surface area contributed by atoms with Crippen LogP contribution in [0.25, 0.3) is 0 Å². The molecule has 0 aromatic rings. The lowest BCUT2D eigenvalue weighted by Gasteiger charge is -2.22. The molecule has 3 heteroatoms. The van der Waals surface area contributed by atoms with Gasteiger partial charge in [0.1, 0.15) is 5.78 Å². The monoisotopic (exact) mass is 269 g/mol. The van der Waals surface area contributed by atoms with Crippen molar-refractivity contribution in [2.45, 2.75) is 77.2 Å². The average molecular weight is 269 g/mol. The third kappa shape index (κ3) is 9.17. The molecular formula is C16H31NO2. The van der Waals surface area contributed by atoms with Gasteiger partial charge in [0.15, 0.2) is 0 Å². The number of rotatable bonds is 11. The van der Waals surface area contributed by atoms with E-state index < -0.39 is 0 Å². The van der Waals surface area contributed by atoms with Gasteiger partial charge in [0, 0.05) is 25.9 Å². The van der Waals surface area contributed by atoms with Gasteiger partial charge >= 0.3 is 0 Å². The summed E-state index contributed by atoms with van der Waals surface area (Å²) in [4.78, 5) is 11.8. The van der Waals surface area contributed by atoms with Crippen LogP contribution in [0.3, 0.4) is 0 Å². The number of carbonyl (C=O) groups is 1. The standard InChI is InChI=1S/C16H31NO2/c1-2-3-4-5-6-7-8-9-10-15(18)13-16-14-17-11-12-19-16/h16-17H,2-14H2,1H3. The van der Waals surface area contributed by atoms with Crippen LogP contribution in [0, 0.1) is 0 Å². The summed E-state index contributed by atoms with van der Waals surface area (Å²) in [5.41, 5.74) is 0. The fourth-order valence-corrected chi connectivity index (χ4v) is 2.56. The molecule has 1 aliphatic rings. The van der Waals surface area contributed by atoms with E-state index in [1.807, 2.05) is 0 Å². The smallest absolute Gasteiger partial charge is 0.135 e. The molecule has 1 atom stereocenters. The molecule has 1 unspecified atom stereocenters. The Balaban J connectivity index is 1.87. The summed E-state index contributed by atoms with van der Waals surface area (Å²) in [6.07, 6.45) is 11.8. The Morgan fingerprint density at radius 1 is 1.11 bits per heavy atom. The molecule has 0 aromatic heterocycles. The Bertz CT molecular complexity index is 225. The molecule has 112 valence electrons. The van der Waals surface area contributed by atoms with E-state index in [4.69, 9.17) is 4.74 Å². The maximum atomic E-state index is 11.8. The van der Waals surface area contributed by atoms with E-state index in [9.17, 15) is 4.79 Å². The van der Waals surface area contributed by atoms with Gasteiger partial charge in [-0.3, -0.25) is 4.79 Å². The van der Waals surface area contributed by atoms with Crippen LogP contribution < -0.4 is 5.32 Å². The van der Waals surface area contributed by atoms with E-state index >= 15 is 0 Å². The quantitative estimate of drug-likeness (QED) is 0.584. The maximum absolute atomic E-state index is 11.8. The Kier molecular flexibility index (Phi) is 10.0. The largest absolute Gasteiger partial charge is 0.375 e. The summed E-state index contributed by atoms with van der Waals surface area (Å²) in [6, 6.07) is 0. The third-order valence-electron chi connectivity index (χ3n) is 3.77. The number of carbonyl (C=O) groups excluding carboxylic acids is 1. The highest BCUT2D eigenvalue weighted by Crippen LogP contribution is 2.11. The molecule has 0 spiro atoms. The van der Waals surface area contributed by atoms with Crippen molar-refractivity contribution in [2.75, 3.05) is 19.7 Å². The lowest BCUT2D eigenvalue weighted by atomic mass is 10.0. The number of unbranched alkanes of at least 4 members (excludes halogenated alkanes) is 7. The van der Waals surface area contributed by atoms with Gasteiger partial charge in [0.2, 0.25) is 0 Å². The summed E-state index contributed by atoms with van der Waals surface area (Å²) in [5, 5.41) is 3.26. The molecule has 0 bridgehead atoms. The Labute approximate surface area is 118 Å². The van der Waals surface area contributed by atoms with Crippen molar-refractivity contribution >= 4 is 5.78 Å². The van der Waals surface area contributed by atoms with Crippen LogP contribution in [0.4, 0.5) is 0 Å². The Hall–Kier alpha value is -0.410. The van der Waals surface area contributed by atoms with E-state index in [1.54, 1.807) is 0 Å². The number of Topliss-reactive ketones (excluding diaryl/α,β-unsaturated/α-hetero) is 1. The number of ketones is 1.